The highest BCUT2D eigenvalue weighted by Crippen LogP contribution is 2.42. The van der Waals surface area contributed by atoms with Crippen LogP contribution >= 0.6 is 0 Å². The quantitative estimate of drug-likeness (QED) is 0.621. The molecule has 0 radical (unpaired) electrons. The van der Waals surface area contributed by atoms with Gasteiger partial charge in [0.2, 0.25) is 0 Å². The Kier molecular flexibility index (Phi) is 4.89. The zero-order valence-corrected chi connectivity index (χ0v) is 15.1. The van der Waals surface area contributed by atoms with E-state index in [0.717, 1.165) is 38.3 Å². The van der Waals surface area contributed by atoms with Crippen molar-refractivity contribution in [2.45, 2.75) is 38.1 Å². The van der Waals surface area contributed by atoms with E-state index in [4.69, 9.17) is 9.47 Å². The summed E-state index contributed by atoms with van der Waals surface area (Å²) in [5.74, 6) is 1.54. The molecule has 5 heteroatoms. The van der Waals surface area contributed by atoms with Gasteiger partial charge < -0.3 is 9.47 Å². The highest BCUT2D eigenvalue weighted by Gasteiger charge is 2.37. The van der Waals surface area contributed by atoms with E-state index in [1.165, 1.54) is 18.2 Å². The van der Waals surface area contributed by atoms with Gasteiger partial charge in [0.1, 0.15) is 18.1 Å². The first kappa shape index (κ1) is 17.0. The molecule has 3 heterocycles. The van der Waals surface area contributed by atoms with Gasteiger partial charge in [0, 0.05) is 23.9 Å². The van der Waals surface area contributed by atoms with Crippen LogP contribution in [0.5, 0.6) is 11.5 Å². The Morgan fingerprint density at radius 2 is 2.31 bits per heavy atom. The minimum absolute atomic E-state index is 0.386. The molecule has 2 aliphatic heterocycles. The van der Waals surface area contributed by atoms with Crippen LogP contribution in [0.2, 0.25) is 0 Å². The minimum atomic E-state index is -0.386. The molecule has 0 spiro atoms. The van der Waals surface area contributed by atoms with E-state index in [1.807, 2.05) is 12.1 Å². The molecule has 1 aromatic carbocycles. The Balaban J connectivity index is 1.56. The topological polar surface area (TPSA) is 51.7 Å². The van der Waals surface area contributed by atoms with E-state index in [0.29, 0.717) is 23.3 Å². The summed E-state index contributed by atoms with van der Waals surface area (Å²) in [5, 5.41) is 0. The summed E-state index contributed by atoms with van der Waals surface area (Å²) >= 11 is 0. The van der Waals surface area contributed by atoms with Crippen LogP contribution in [0.15, 0.2) is 42.7 Å². The van der Waals surface area contributed by atoms with E-state index in [-0.39, 0.29) is 5.97 Å². The molecule has 1 saturated heterocycles. The molecule has 4 rings (SSSR count). The number of benzene rings is 1. The lowest BCUT2D eigenvalue weighted by molar-refractivity contribution is 0.0651. The molecule has 0 aliphatic carbocycles. The number of fused-ring (bicyclic) bond motifs is 3. The molecule has 1 fully saturated rings. The molecule has 5 nitrogen and oxygen atoms in total. The lowest BCUT2D eigenvalue weighted by atomic mass is 9.81. The third-order valence-electron chi connectivity index (χ3n) is 5.30. The van der Waals surface area contributed by atoms with Gasteiger partial charge in [0.15, 0.2) is 0 Å². The number of likely N-dealkylation sites (tertiary alicyclic amines) is 1. The number of nitrogens with zero attached hydrogens (tertiary/aromatic N) is 2. The first-order valence-corrected chi connectivity index (χ1v) is 9.39. The number of rotatable bonds is 4. The van der Waals surface area contributed by atoms with Crippen molar-refractivity contribution >= 4 is 5.97 Å². The number of carbonyl (C=O) groups excluding carboxylic acids is 1. The standard InChI is InChI=1S/C21H24N2O3/c1-2-10-23-11-4-6-17-18-12-16(7-8-20(18)25-14-19(17)23)26-21(24)15-5-3-9-22-13-15/h3,5,7-9,12-13,17,19H,2,4,6,10-11,14H2,1H3/t17-,19-/m0/s1. The lowest BCUT2D eigenvalue weighted by Gasteiger charge is -2.44. The minimum Gasteiger partial charge on any atom is -0.492 e. The molecule has 2 aliphatic rings. The second-order valence-electron chi connectivity index (χ2n) is 6.99. The summed E-state index contributed by atoms with van der Waals surface area (Å²) in [7, 11) is 0. The number of aromatic nitrogens is 1. The van der Waals surface area contributed by atoms with Crippen LogP contribution in [-0.2, 0) is 0 Å². The average Bonchev–Trinajstić information content (AvgIpc) is 2.69. The van der Waals surface area contributed by atoms with Crippen LogP contribution in [-0.4, -0.2) is 41.6 Å². The smallest absolute Gasteiger partial charge is 0.345 e. The third kappa shape index (κ3) is 3.31. The van der Waals surface area contributed by atoms with Gasteiger partial charge in [-0.25, -0.2) is 4.79 Å². The molecule has 2 atom stereocenters. The molecule has 0 N–H and O–H groups in total. The van der Waals surface area contributed by atoms with E-state index in [1.54, 1.807) is 24.4 Å². The predicted octanol–water partition coefficient (Wildman–Crippen LogP) is 3.65. The van der Waals surface area contributed by atoms with Crippen LogP contribution in [0.25, 0.3) is 0 Å². The SMILES string of the molecule is CCCN1CCC[C@H]2c3cc(OC(=O)c4cccnc4)ccc3OC[C@@H]21. The normalized spacial score (nSPS) is 22.0. The highest BCUT2D eigenvalue weighted by atomic mass is 16.5. The number of piperidine rings is 1. The third-order valence-corrected chi connectivity index (χ3v) is 5.30. The molecule has 0 saturated carbocycles. The number of hydrogen-bond acceptors (Lipinski definition) is 5. The van der Waals surface area contributed by atoms with Gasteiger partial charge >= 0.3 is 5.97 Å². The number of esters is 1. The molecule has 0 unspecified atom stereocenters. The van der Waals surface area contributed by atoms with Crippen molar-refractivity contribution in [3.63, 3.8) is 0 Å². The first-order valence-electron chi connectivity index (χ1n) is 9.39. The van der Waals surface area contributed by atoms with Crippen LogP contribution in [0.1, 0.15) is 48.0 Å². The van der Waals surface area contributed by atoms with Crippen molar-refractivity contribution < 1.29 is 14.3 Å². The molecule has 0 amide bonds. The Morgan fingerprint density at radius 3 is 3.12 bits per heavy atom. The summed E-state index contributed by atoms with van der Waals surface area (Å²) in [6, 6.07) is 9.56. The van der Waals surface area contributed by atoms with Gasteiger partial charge in [-0.1, -0.05) is 6.92 Å². The zero-order valence-electron chi connectivity index (χ0n) is 15.1. The summed E-state index contributed by atoms with van der Waals surface area (Å²) in [4.78, 5) is 18.8. The first-order chi connectivity index (χ1) is 12.8. The van der Waals surface area contributed by atoms with Gasteiger partial charge in [-0.2, -0.15) is 0 Å². The van der Waals surface area contributed by atoms with Crippen molar-refractivity contribution in [3.05, 3.63) is 53.9 Å². The van der Waals surface area contributed by atoms with Gasteiger partial charge in [0.25, 0.3) is 0 Å². The summed E-state index contributed by atoms with van der Waals surface area (Å²) in [6.45, 7) is 5.21. The molecule has 0 bridgehead atoms. The van der Waals surface area contributed by atoms with Crippen LogP contribution < -0.4 is 9.47 Å². The maximum atomic E-state index is 12.3. The van der Waals surface area contributed by atoms with Crippen molar-refractivity contribution in [3.8, 4) is 11.5 Å². The van der Waals surface area contributed by atoms with Gasteiger partial charge in [-0.05, 0) is 62.7 Å². The molecular weight excluding hydrogens is 328 g/mol. The van der Waals surface area contributed by atoms with E-state index in [9.17, 15) is 4.79 Å². The van der Waals surface area contributed by atoms with Crippen LogP contribution in [0, 0.1) is 0 Å². The van der Waals surface area contributed by atoms with E-state index >= 15 is 0 Å². The maximum absolute atomic E-state index is 12.3. The number of carbonyl (C=O) groups is 1. The molecule has 136 valence electrons. The van der Waals surface area contributed by atoms with Crippen molar-refractivity contribution in [1.29, 1.82) is 0 Å². The Morgan fingerprint density at radius 1 is 1.38 bits per heavy atom. The predicted molar refractivity (Wildman–Crippen MR) is 98.8 cm³/mol. The Labute approximate surface area is 153 Å². The fourth-order valence-electron chi connectivity index (χ4n) is 4.11. The fraction of sp³-hybridized carbons (Fsp3) is 0.429. The largest absolute Gasteiger partial charge is 0.492 e. The van der Waals surface area contributed by atoms with E-state index in [2.05, 4.69) is 16.8 Å². The average molecular weight is 352 g/mol. The van der Waals surface area contributed by atoms with Crippen LogP contribution in [0.4, 0.5) is 0 Å². The van der Waals surface area contributed by atoms with Crippen molar-refractivity contribution in [2.24, 2.45) is 0 Å². The van der Waals surface area contributed by atoms with Gasteiger partial charge in [-0.3, -0.25) is 9.88 Å². The second kappa shape index (κ2) is 7.46. The van der Waals surface area contributed by atoms with Crippen LogP contribution in [0.3, 0.4) is 0 Å². The summed E-state index contributed by atoms with van der Waals surface area (Å²) < 4.78 is 11.6. The molecule has 1 aromatic heterocycles. The summed E-state index contributed by atoms with van der Waals surface area (Å²) in [5.41, 5.74) is 1.62. The van der Waals surface area contributed by atoms with Crippen molar-refractivity contribution in [2.75, 3.05) is 19.7 Å². The van der Waals surface area contributed by atoms with Gasteiger partial charge in [-0.15, -0.1) is 0 Å². The number of ether oxygens (including phenoxy) is 2. The van der Waals surface area contributed by atoms with Crippen molar-refractivity contribution in [1.82, 2.24) is 9.88 Å². The van der Waals surface area contributed by atoms with Gasteiger partial charge in [0.05, 0.1) is 11.6 Å². The maximum Gasteiger partial charge on any atom is 0.345 e. The molecular formula is C21H24N2O3. The monoisotopic (exact) mass is 352 g/mol. The summed E-state index contributed by atoms with van der Waals surface area (Å²) in [6.07, 6.45) is 6.66. The van der Waals surface area contributed by atoms with E-state index < -0.39 is 0 Å². The Hall–Kier alpha value is -2.40. The highest BCUT2D eigenvalue weighted by molar-refractivity contribution is 5.90. The number of hydrogen-bond donors (Lipinski definition) is 0. The molecule has 2 aromatic rings. The zero-order chi connectivity index (χ0) is 17.9. The number of pyridine rings is 1. The second-order valence-corrected chi connectivity index (χ2v) is 6.99. The fourth-order valence-corrected chi connectivity index (χ4v) is 4.11. The molecule has 26 heavy (non-hydrogen) atoms. The Bertz CT molecular complexity index is 776. The lowest BCUT2D eigenvalue weighted by Crippen LogP contribution is -2.49.